The number of anilines is 1. The zero-order valence-electron chi connectivity index (χ0n) is 17.2. The maximum Gasteiger partial charge on any atom is 0.266 e. The van der Waals surface area contributed by atoms with E-state index in [0.717, 1.165) is 10.0 Å². The second-order valence-corrected chi connectivity index (χ2v) is 8.58. The van der Waals surface area contributed by atoms with Crippen molar-refractivity contribution in [1.82, 2.24) is 0 Å². The second kappa shape index (κ2) is 11.1. The molecule has 0 spiro atoms. The molecule has 0 saturated heterocycles. The Morgan fingerprint density at radius 1 is 1.16 bits per heavy atom. The third-order valence-electron chi connectivity index (χ3n) is 4.58. The lowest BCUT2D eigenvalue weighted by Crippen LogP contribution is -2.13. The van der Waals surface area contributed by atoms with Crippen LogP contribution in [0.15, 0.2) is 75.2 Å². The molecule has 4 nitrogen and oxygen atoms in total. The normalized spacial score (nSPS) is 11.0. The molecule has 0 heterocycles. The van der Waals surface area contributed by atoms with E-state index in [-0.39, 0.29) is 11.4 Å². The molecule has 0 unspecified atom stereocenters. The first-order valence-electron chi connectivity index (χ1n) is 9.78. The summed E-state index contributed by atoms with van der Waals surface area (Å²) in [6.07, 6.45) is 1.83. The summed E-state index contributed by atoms with van der Waals surface area (Å²) in [5, 5.41) is 12.2. The van der Waals surface area contributed by atoms with Crippen molar-refractivity contribution in [3.63, 3.8) is 0 Å². The Kier molecular flexibility index (Phi) is 8.20. The topological polar surface area (TPSA) is 62.1 Å². The molecule has 1 N–H and O–H groups in total. The summed E-state index contributed by atoms with van der Waals surface area (Å²) >= 11 is 6.88. The van der Waals surface area contributed by atoms with Crippen molar-refractivity contribution < 1.29 is 13.9 Å². The minimum atomic E-state index is -0.515. The molecule has 0 aliphatic rings. The summed E-state index contributed by atoms with van der Waals surface area (Å²) in [6, 6.07) is 19.1. The predicted molar refractivity (Wildman–Crippen MR) is 131 cm³/mol. The van der Waals surface area contributed by atoms with E-state index >= 15 is 0 Å². The molecule has 0 atom stereocenters. The monoisotopic (exact) mass is 556 g/mol. The molecule has 0 saturated carbocycles. The molecular formula is C25H19Br2FN2O2. The molecular weight excluding hydrogens is 539 g/mol. The van der Waals surface area contributed by atoms with Crippen LogP contribution in [0, 0.1) is 17.1 Å². The van der Waals surface area contributed by atoms with E-state index in [1.807, 2.05) is 13.0 Å². The summed E-state index contributed by atoms with van der Waals surface area (Å²) in [6.45, 7) is 2.27. The van der Waals surface area contributed by atoms with Crippen LogP contribution in [-0.4, -0.2) is 12.5 Å². The Labute approximate surface area is 203 Å². The van der Waals surface area contributed by atoms with Crippen molar-refractivity contribution in [2.45, 2.75) is 13.3 Å². The number of nitrogens with zero attached hydrogens (tertiary/aromatic N) is 1. The fourth-order valence-electron chi connectivity index (χ4n) is 3.05. The molecule has 3 aromatic carbocycles. The van der Waals surface area contributed by atoms with Crippen LogP contribution in [0.1, 0.15) is 23.6 Å². The number of carbonyl (C=O) groups excluding carboxylic acids is 1. The van der Waals surface area contributed by atoms with Crippen LogP contribution in [0.5, 0.6) is 5.75 Å². The number of hydrogen-bond donors (Lipinski definition) is 1. The van der Waals surface area contributed by atoms with Gasteiger partial charge in [-0.1, -0.05) is 50.1 Å². The average Bonchev–Trinajstić information content (AvgIpc) is 2.77. The van der Waals surface area contributed by atoms with Gasteiger partial charge in [0.2, 0.25) is 0 Å². The van der Waals surface area contributed by atoms with Crippen LogP contribution >= 0.6 is 31.9 Å². The molecule has 0 bridgehead atoms. The SMILES string of the molecule is CCOc1cc(/C=C(\C#N)C(=O)Nc2ccc(Br)cc2)cc(Br)c1Cc1ccccc1F. The molecule has 0 fully saturated rings. The van der Waals surface area contributed by atoms with Crippen molar-refractivity contribution in [3.8, 4) is 11.8 Å². The fourth-order valence-corrected chi connectivity index (χ4v) is 3.91. The van der Waals surface area contributed by atoms with Gasteiger partial charge in [0, 0.05) is 26.6 Å². The Hall–Kier alpha value is -2.95. The van der Waals surface area contributed by atoms with Crippen LogP contribution in [0.25, 0.3) is 6.08 Å². The molecule has 0 aliphatic heterocycles. The smallest absolute Gasteiger partial charge is 0.266 e. The minimum Gasteiger partial charge on any atom is -0.494 e. The van der Waals surface area contributed by atoms with Crippen molar-refractivity contribution >= 4 is 49.5 Å². The van der Waals surface area contributed by atoms with E-state index < -0.39 is 5.91 Å². The Morgan fingerprint density at radius 2 is 1.88 bits per heavy atom. The summed E-state index contributed by atoms with van der Waals surface area (Å²) < 4.78 is 21.5. The quantitative estimate of drug-likeness (QED) is 0.254. The zero-order valence-corrected chi connectivity index (χ0v) is 20.3. The van der Waals surface area contributed by atoms with Gasteiger partial charge in [-0.2, -0.15) is 5.26 Å². The second-order valence-electron chi connectivity index (χ2n) is 6.81. The van der Waals surface area contributed by atoms with Crippen molar-refractivity contribution in [3.05, 3.63) is 97.7 Å². The van der Waals surface area contributed by atoms with Crippen LogP contribution in [0.3, 0.4) is 0 Å². The lowest BCUT2D eigenvalue weighted by molar-refractivity contribution is -0.112. The molecule has 0 radical (unpaired) electrons. The number of amides is 1. The minimum absolute atomic E-state index is 0.0517. The van der Waals surface area contributed by atoms with Crippen molar-refractivity contribution in [2.75, 3.05) is 11.9 Å². The first kappa shape index (κ1) is 23.7. The Morgan fingerprint density at radius 3 is 2.53 bits per heavy atom. The highest BCUT2D eigenvalue weighted by Gasteiger charge is 2.15. The van der Waals surface area contributed by atoms with Gasteiger partial charge < -0.3 is 10.1 Å². The number of halogens is 3. The van der Waals surface area contributed by atoms with E-state index in [1.165, 1.54) is 12.1 Å². The molecule has 7 heteroatoms. The number of rotatable bonds is 7. The molecule has 3 aromatic rings. The fraction of sp³-hybridized carbons (Fsp3) is 0.120. The molecule has 32 heavy (non-hydrogen) atoms. The van der Waals surface area contributed by atoms with E-state index in [0.29, 0.717) is 40.1 Å². The largest absolute Gasteiger partial charge is 0.494 e. The van der Waals surface area contributed by atoms with Gasteiger partial charge in [0.05, 0.1) is 6.61 Å². The van der Waals surface area contributed by atoms with E-state index in [9.17, 15) is 14.4 Å². The van der Waals surface area contributed by atoms with Crippen LogP contribution in [0.4, 0.5) is 10.1 Å². The number of nitriles is 1. The summed E-state index contributed by atoms with van der Waals surface area (Å²) in [7, 11) is 0. The third-order valence-corrected chi connectivity index (χ3v) is 5.82. The lowest BCUT2D eigenvalue weighted by atomic mass is 10.0. The highest BCUT2D eigenvalue weighted by Crippen LogP contribution is 2.33. The van der Waals surface area contributed by atoms with E-state index in [1.54, 1.807) is 54.6 Å². The Bertz CT molecular complexity index is 1200. The summed E-state index contributed by atoms with van der Waals surface area (Å²) in [5.74, 6) is -0.247. The molecule has 162 valence electrons. The lowest BCUT2D eigenvalue weighted by Gasteiger charge is -2.14. The highest BCUT2D eigenvalue weighted by molar-refractivity contribution is 9.10. The first-order chi connectivity index (χ1) is 15.4. The average molecular weight is 558 g/mol. The number of nitrogens with one attached hydrogen (secondary N) is 1. The van der Waals surface area contributed by atoms with E-state index in [2.05, 4.69) is 37.2 Å². The van der Waals surface area contributed by atoms with E-state index in [4.69, 9.17) is 4.74 Å². The van der Waals surface area contributed by atoms with Gasteiger partial charge in [-0.05, 0) is 66.6 Å². The maximum absolute atomic E-state index is 14.2. The zero-order chi connectivity index (χ0) is 23.1. The van der Waals surface area contributed by atoms with Gasteiger partial charge in [-0.15, -0.1) is 0 Å². The van der Waals surface area contributed by atoms with Gasteiger partial charge in [-0.3, -0.25) is 4.79 Å². The molecule has 0 aromatic heterocycles. The van der Waals surface area contributed by atoms with Crippen LogP contribution in [-0.2, 0) is 11.2 Å². The van der Waals surface area contributed by atoms with Crippen molar-refractivity contribution in [2.24, 2.45) is 0 Å². The number of ether oxygens (including phenoxy) is 1. The maximum atomic E-state index is 14.2. The molecule has 0 aliphatic carbocycles. The van der Waals surface area contributed by atoms with Crippen molar-refractivity contribution in [1.29, 1.82) is 5.26 Å². The van der Waals surface area contributed by atoms with Gasteiger partial charge in [0.25, 0.3) is 5.91 Å². The van der Waals surface area contributed by atoms with Crippen LogP contribution in [0.2, 0.25) is 0 Å². The summed E-state index contributed by atoms with van der Waals surface area (Å²) in [5.41, 5.74) is 2.47. The van der Waals surface area contributed by atoms with Gasteiger partial charge in [0.15, 0.2) is 0 Å². The van der Waals surface area contributed by atoms with Gasteiger partial charge in [-0.25, -0.2) is 4.39 Å². The summed E-state index contributed by atoms with van der Waals surface area (Å²) in [4.78, 5) is 12.6. The number of hydrogen-bond acceptors (Lipinski definition) is 3. The van der Waals surface area contributed by atoms with Gasteiger partial charge >= 0.3 is 0 Å². The highest BCUT2D eigenvalue weighted by atomic mass is 79.9. The number of benzene rings is 3. The first-order valence-corrected chi connectivity index (χ1v) is 11.4. The third kappa shape index (κ3) is 6.06. The number of carbonyl (C=O) groups is 1. The van der Waals surface area contributed by atoms with Crippen LogP contribution < -0.4 is 10.1 Å². The Balaban J connectivity index is 1.91. The standard InChI is InChI=1S/C25H19Br2FN2O2/c1-2-32-24-13-16(12-22(27)21(24)14-17-5-3-4-6-23(17)28)11-18(15-29)25(31)30-20-9-7-19(26)8-10-20/h3-13H,2,14H2,1H3,(H,30,31)/b18-11+. The molecule has 1 amide bonds. The predicted octanol–water partition coefficient (Wildman–Crippen LogP) is 6.89. The molecule has 3 rings (SSSR count). The van der Waals surface area contributed by atoms with Gasteiger partial charge in [0.1, 0.15) is 23.2 Å².